The lowest BCUT2D eigenvalue weighted by Gasteiger charge is -2.40. The lowest BCUT2D eigenvalue weighted by Crippen LogP contribution is -2.34. The van der Waals surface area contributed by atoms with Gasteiger partial charge in [-0.3, -0.25) is 0 Å². The Balaban J connectivity index is 1.03. The second-order valence-electron chi connectivity index (χ2n) is 19.2. The monoisotopic (exact) mass is 822 g/mol. The highest BCUT2D eigenvalue weighted by atomic mass is 15.2. The van der Waals surface area contributed by atoms with Crippen molar-refractivity contribution in [1.29, 1.82) is 0 Å². The summed E-state index contributed by atoms with van der Waals surface area (Å²) in [5.74, 6) is 1.04. The summed E-state index contributed by atoms with van der Waals surface area (Å²) in [6.07, 6.45) is 4.70. The molecule has 308 valence electrons. The van der Waals surface area contributed by atoms with Gasteiger partial charge in [-0.15, -0.1) is 0 Å². The van der Waals surface area contributed by atoms with Crippen LogP contribution in [0.2, 0.25) is 0 Å². The largest absolute Gasteiger partial charge is 0.310 e. The fraction of sp³-hybridized carbons (Fsp3) is 0.161. The minimum atomic E-state index is -0.171. The first-order chi connectivity index (χ1) is 31.5. The third-order valence-corrected chi connectivity index (χ3v) is 15.7. The quantitative estimate of drug-likeness (QED) is 0.158. The molecule has 0 N–H and O–H groups in total. The van der Waals surface area contributed by atoms with Crippen LogP contribution in [0.4, 0.5) is 34.1 Å². The van der Waals surface area contributed by atoms with Gasteiger partial charge in [0.05, 0.1) is 11.4 Å². The SMILES string of the molecule is CC1(C)c2cc(N(c3ccccc3)c3cccc4c3C35c6c(cccc6N(c6ccccc6)c6ccc7ccccc7c6)CC3CCC5C4)ccc2-c2c(-c3ccccc3)cccc21. The molecule has 9 aromatic rings. The molecule has 1 spiro atoms. The van der Waals surface area contributed by atoms with E-state index in [0.29, 0.717) is 11.8 Å². The Bertz CT molecular complexity index is 3270. The minimum Gasteiger partial charge on any atom is -0.310 e. The van der Waals surface area contributed by atoms with Crippen LogP contribution in [0, 0.1) is 11.8 Å². The Morgan fingerprint density at radius 2 is 0.938 bits per heavy atom. The number of fused-ring (bicyclic) bond motifs is 6. The number of hydrogen-bond donors (Lipinski definition) is 0. The van der Waals surface area contributed by atoms with Crippen molar-refractivity contribution < 1.29 is 0 Å². The number of para-hydroxylation sites is 2. The molecule has 4 aliphatic carbocycles. The molecule has 1 fully saturated rings. The van der Waals surface area contributed by atoms with Gasteiger partial charge in [-0.1, -0.05) is 159 Å². The summed E-state index contributed by atoms with van der Waals surface area (Å²) in [6.45, 7) is 4.84. The molecule has 0 radical (unpaired) electrons. The molecule has 2 nitrogen and oxygen atoms in total. The lowest BCUT2D eigenvalue weighted by atomic mass is 9.68. The molecule has 0 heterocycles. The molecule has 0 amide bonds. The van der Waals surface area contributed by atoms with Gasteiger partial charge in [0.1, 0.15) is 0 Å². The summed E-state index contributed by atoms with van der Waals surface area (Å²) in [5.41, 5.74) is 21.3. The second-order valence-corrected chi connectivity index (χ2v) is 19.2. The highest BCUT2D eigenvalue weighted by Gasteiger charge is 2.62. The smallest absolute Gasteiger partial charge is 0.0505 e. The number of hydrogen-bond acceptors (Lipinski definition) is 2. The van der Waals surface area contributed by atoms with Gasteiger partial charge in [-0.25, -0.2) is 0 Å². The van der Waals surface area contributed by atoms with Crippen LogP contribution in [0.15, 0.2) is 206 Å². The number of nitrogens with zero attached hydrogens (tertiary/aromatic N) is 2. The summed E-state index contributed by atoms with van der Waals surface area (Å²) >= 11 is 0. The normalized spacial score (nSPS) is 19.3. The van der Waals surface area contributed by atoms with Crippen LogP contribution in [0.5, 0.6) is 0 Å². The van der Waals surface area contributed by atoms with Crippen molar-refractivity contribution in [3.8, 4) is 22.3 Å². The van der Waals surface area contributed by atoms with Crippen molar-refractivity contribution in [3.63, 3.8) is 0 Å². The van der Waals surface area contributed by atoms with E-state index in [0.717, 1.165) is 12.8 Å². The molecule has 3 unspecified atom stereocenters. The molecular formula is C62H50N2. The van der Waals surface area contributed by atoms with Crippen molar-refractivity contribution in [2.75, 3.05) is 9.80 Å². The highest BCUT2D eigenvalue weighted by molar-refractivity contribution is 5.95. The van der Waals surface area contributed by atoms with Gasteiger partial charge in [0, 0.05) is 33.6 Å². The predicted molar refractivity (Wildman–Crippen MR) is 267 cm³/mol. The lowest BCUT2D eigenvalue weighted by molar-refractivity contribution is 0.350. The molecule has 64 heavy (non-hydrogen) atoms. The van der Waals surface area contributed by atoms with Gasteiger partial charge in [0.25, 0.3) is 0 Å². The first-order valence-electron chi connectivity index (χ1n) is 23.3. The molecule has 0 bridgehead atoms. The Hall–Kier alpha value is -7.16. The third-order valence-electron chi connectivity index (χ3n) is 15.7. The van der Waals surface area contributed by atoms with Crippen LogP contribution in [0.25, 0.3) is 33.0 Å². The van der Waals surface area contributed by atoms with Gasteiger partial charge in [0.15, 0.2) is 0 Å². The maximum atomic E-state index is 2.61. The summed E-state index contributed by atoms with van der Waals surface area (Å²) in [5, 5.41) is 2.52. The average Bonchev–Trinajstić information content (AvgIpc) is 4.04. The van der Waals surface area contributed by atoms with Crippen LogP contribution >= 0.6 is 0 Å². The fourth-order valence-electron chi connectivity index (χ4n) is 13.1. The molecule has 13 rings (SSSR count). The van der Waals surface area contributed by atoms with E-state index in [-0.39, 0.29) is 10.8 Å². The van der Waals surface area contributed by atoms with Crippen molar-refractivity contribution in [2.24, 2.45) is 11.8 Å². The van der Waals surface area contributed by atoms with E-state index in [1.807, 2.05) is 0 Å². The first kappa shape index (κ1) is 37.4. The van der Waals surface area contributed by atoms with Crippen molar-refractivity contribution in [3.05, 3.63) is 240 Å². The standard InChI is InChI=1S/C62H50N2/c1-61(2)54-28-16-27-52(42-18-6-3-7-19-42)58(54)53-36-35-51(40-55(53)61)64(49-25-10-5-11-26-49)57-30-15-22-45-38-47-33-32-46-37-44-21-14-29-56(59(44)62(46,47)60(45)57)63(48-23-8-4-9-24-48)50-34-31-41-17-12-13-20-43(41)39-50/h3-31,34-36,39-40,46-47H,32-33,37-38H2,1-2H3. The van der Waals surface area contributed by atoms with E-state index in [9.17, 15) is 0 Å². The zero-order valence-corrected chi connectivity index (χ0v) is 36.5. The molecular weight excluding hydrogens is 773 g/mol. The molecule has 1 saturated carbocycles. The molecule has 0 aromatic heterocycles. The molecule has 2 heteroatoms. The van der Waals surface area contributed by atoms with E-state index in [1.54, 1.807) is 5.56 Å². The molecule has 3 atom stereocenters. The zero-order chi connectivity index (χ0) is 42.6. The molecule has 4 aliphatic rings. The van der Waals surface area contributed by atoms with E-state index >= 15 is 0 Å². The topological polar surface area (TPSA) is 6.48 Å². The maximum Gasteiger partial charge on any atom is 0.0505 e. The first-order valence-corrected chi connectivity index (χ1v) is 23.3. The number of anilines is 6. The summed E-state index contributed by atoms with van der Waals surface area (Å²) < 4.78 is 0. The maximum absolute atomic E-state index is 2.61. The van der Waals surface area contributed by atoms with Crippen LogP contribution in [0.3, 0.4) is 0 Å². The van der Waals surface area contributed by atoms with E-state index in [4.69, 9.17) is 0 Å². The molecule has 0 saturated heterocycles. The van der Waals surface area contributed by atoms with Gasteiger partial charge in [-0.2, -0.15) is 0 Å². The number of rotatable bonds is 7. The Morgan fingerprint density at radius 1 is 0.406 bits per heavy atom. The van der Waals surface area contributed by atoms with Gasteiger partial charge in [0.2, 0.25) is 0 Å². The van der Waals surface area contributed by atoms with Crippen LogP contribution in [-0.4, -0.2) is 0 Å². The summed E-state index contributed by atoms with van der Waals surface area (Å²) in [4.78, 5) is 5.18. The summed E-state index contributed by atoms with van der Waals surface area (Å²) in [6, 6.07) is 77.6. The van der Waals surface area contributed by atoms with Gasteiger partial charge < -0.3 is 9.80 Å². The van der Waals surface area contributed by atoms with Crippen molar-refractivity contribution in [2.45, 2.75) is 50.4 Å². The van der Waals surface area contributed by atoms with Crippen molar-refractivity contribution >= 4 is 44.9 Å². The second kappa shape index (κ2) is 14.2. The van der Waals surface area contributed by atoms with E-state index in [2.05, 4.69) is 230 Å². The summed E-state index contributed by atoms with van der Waals surface area (Å²) in [7, 11) is 0. The van der Waals surface area contributed by atoms with Crippen LogP contribution in [-0.2, 0) is 23.7 Å². The number of benzene rings is 9. The zero-order valence-electron chi connectivity index (χ0n) is 36.5. The molecule has 0 aliphatic heterocycles. The third kappa shape index (κ3) is 5.32. The Kier molecular flexibility index (Phi) is 8.28. The fourth-order valence-corrected chi connectivity index (χ4v) is 13.1. The van der Waals surface area contributed by atoms with Crippen LogP contribution < -0.4 is 9.80 Å². The predicted octanol–water partition coefficient (Wildman–Crippen LogP) is 16.2. The Morgan fingerprint density at radius 3 is 1.56 bits per heavy atom. The van der Waals surface area contributed by atoms with Crippen molar-refractivity contribution in [1.82, 2.24) is 0 Å². The highest BCUT2D eigenvalue weighted by Crippen LogP contribution is 2.69. The van der Waals surface area contributed by atoms with Crippen LogP contribution in [0.1, 0.15) is 60.1 Å². The Labute approximate surface area is 377 Å². The van der Waals surface area contributed by atoms with E-state index < -0.39 is 0 Å². The van der Waals surface area contributed by atoms with E-state index in [1.165, 1.54) is 108 Å². The van der Waals surface area contributed by atoms with Gasteiger partial charge in [-0.05, 0) is 165 Å². The average molecular weight is 823 g/mol. The van der Waals surface area contributed by atoms with Gasteiger partial charge >= 0.3 is 0 Å². The molecule has 9 aromatic carbocycles. The minimum absolute atomic E-state index is 0.133.